The van der Waals surface area contributed by atoms with Gasteiger partial charge in [-0.3, -0.25) is 4.79 Å². The standard InChI is InChI=1S/C30H41N3O2/c1-22(31-29(34)23-12-6-5-7-13-23)28-32-26-14-8-9-15-27(26)33(28)20-10-11-21-35-25-18-16-24(17-19-25)30(2,3)4/h8-9,14-19,22-23H,5-7,10-13,20-21H2,1-4H3,(H,31,34). The second kappa shape index (κ2) is 11.3. The molecule has 0 aliphatic heterocycles. The molecule has 5 nitrogen and oxygen atoms in total. The average Bonchev–Trinajstić information content (AvgIpc) is 3.23. The largest absolute Gasteiger partial charge is 0.494 e. The number of amides is 1. The van der Waals surface area contributed by atoms with Gasteiger partial charge in [0.2, 0.25) is 5.91 Å². The van der Waals surface area contributed by atoms with E-state index >= 15 is 0 Å². The number of nitrogens with zero attached hydrogens (tertiary/aromatic N) is 2. The van der Waals surface area contributed by atoms with Gasteiger partial charge in [0.15, 0.2) is 0 Å². The number of imidazole rings is 1. The molecule has 3 aromatic rings. The van der Waals surface area contributed by atoms with Gasteiger partial charge in [-0.2, -0.15) is 0 Å². The summed E-state index contributed by atoms with van der Waals surface area (Å²) in [5.41, 5.74) is 3.57. The number of carbonyl (C=O) groups is 1. The van der Waals surface area contributed by atoms with Crippen LogP contribution in [0.4, 0.5) is 0 Å². The van der Waals surface area contributed by atoms with Gasteiger partial charge in [0, 0.05) is 12.5 Å². The molecule has 1 aromatic heterocycles. The first-order chi connectivity index (χ1) is 16.8. The van der Waals surface area contributed by atoms with Gasteiger partial charge in [-0.25, -0.2) is 4.98 Å². The smallest absolute Gasteiger partial charge is 0.223 e. The van der Waals surface area contributed by atoms with Crippen molar-refractivity contribution in [3.05, 3.63) is 59.9 Å². The average molecular weight is 476 g/mol. The Labute approximate surface area is 210 Å². The monoisotopic (exact) mass is 475 g/mol. The highest BCUT2D eigenvalue weighted by Gasteiger charge is 2.24. The third-order valence-electron chi connectivity index (χ3n) is 7.17. The van der Waals surface area contributed by atoms with Crippen molar-refractivity contribution < 1.29 is 9.53 Å². The summed E-state index contributed by atoms with van der Waals surface area (Å²) in [6.45, 7) is 10.3. The van der Waals surface area contributed by atoms with Crippen LogP contribution in [-0.2, 0) is 16.8 Å². The minimum Gasteiger partial charge on any atom is -0.494 e. The molecule has 1 saturated carbocycles. The SMILES string of the molecule is CC(NC(=O)C1CCCCC1)c1nc2ccccc2n1CCCCOc1ccc(C(C)(C)C)cc1. The lowest BCUT2D eigenvalue weighted by Gasteiger charge is -2.23. The number of ether oxygens (including phenoxy) is 1. The molecule has 0 saturated heterocycles. The first-order valence-electron chi connectivity index (χ1n) is 13.3. The van der Waals surface area contributed by atoms with Gasteiger partial charge in [0.1, 0.15) is 11.6 Å². The van der Waals surface area contributed by atoms with E-state index in [1.54, 1.807) is 0 Å². The van der Waals surface area contributed by atoms with E-state index in [0.717, 1.165) is 67.7 Å². The molecule has 1 amide bonds. The number of benzene rings is 2. The first-order valence-corrected chi connectivity index (χ1v) is 13.3. The van der Waals surface area contributed by atoms with E-state index in [9.17, 15) is 4.79 Å². The zero-order valence-electron chi connectivity index (χ0n) is 21.8. The number of fused-ring (bicyclic) bond motifs is 1. The maximum Gasteiger partial charge on any atom is 0.223 e. The minimum atomic E-state index is -0.116. The third-order valence-corrected chi connectivity index (χ3v) is 7.17. The van der Waals surface area contributed by atoms with Crippen LogP contribution in [0.5, 0.6) is 5.75 Å². The van der Waals surface area contributed by atoms with E-state index in [2.05, 4.69) is 80.0 Å². The molecular formula is C30H41N3O2. The molecule has 188 valence electrons. The van der Waals surface area contributed by atoms with Crippen molar-refractivity contribution in [1.82, 2.24) is 14.9 Å². The summed E-state index contributed by atoms with van der Waals surface area (Å²) in [5.74, 6) is 2.19. The fourth-order valence-corrected chi connectivity index (χ4v) is 5.03. The number of rotatable bonds is 9. The molecule has 5 heteroatoms. The van der Waals surface area contributed by atoms with E-state index < -0.39 is 0 Å². The van der Waals surface area contributed by atoms with Gasteiger partial charge in [-0.05, 0) is 67.9 Å². The van der Waals surface area contributed by atoms with E-state index in [4.69, 9.17) is 9.72 Å². The van der Waals surface area contributed by atoms with Gasteiger partial charge >= 0.3 is 0 Å². The molecule has 4 rings (SSSR count). The lowest BCUT2D eigenvalue weighted by atomic mass is 9.87. The highest BCUT2D eigenvalue weighted by molar-refractivity contribution is 5.80. The van der Waals surface area contributed by atoms with Crippen LogP contribution >= 0.6 is 0 Å². The Hall–Kier alpha value is -2.82. The van der Waals surface area contributed by atoms with E-state index in [1.165, 1.54) is 12.0 Å². The highest BCUT2D eigenvalue weighted by atomic mass is 16.5. The summed E-state index contributed by atoms with van der Waals surface area (Å²) in [7, 11) is 0. The third kappa shape index (κ3) is 6.45. The van der Waals surface area contributed by atoms with E-state index in [-0.39, 0.29) is 23.3 Å². The molecular weight excluding hydrogens is 434 g/mol. The Morgan fingerprint density at radius 2 is 1.77 bits per heavy atom. The fraction of sp³-hybridized carbons (Fsp3) is 0.533. The summed E-state index contributed by atoms with van der Waals surface area (Å²) >= 11 is 0. The number of hydrogen-bond donors (Lipinski definition) is 1. The van der Waals surface area contributed by atoms with Crippen LogP contribution in [0.3, 0.4) is 0 Å². The number of aromatic nitrogens is 2. The maximum atomic E-state index is 12.9. The second-order valence-electron chi connectivity index (χ2n) is 11.0. The van der Waals surface area contributed by atoms with Crippen molar-refractivity contribution in [3.63, 3.8) is 0 Å². The lowest BCUT2D eigenvalue weighted by Crippen LogP contribution is -2.35. The molecule has 1 atom stereocenters. The molecule has 1 aliphatic rings. The van der Waals surface area contributed by atoms with Crippen LogP contribution in [0, 0.1) is 5.92 Å². The molecule has 1 heterocycles. The molecule has 0 radical (unpaired) electrons. The molecule has 2 aromatic carbocycles. The van der Waals surface area contributed by atoms with Gasteiger partial charge in [0.25, 0.3) is 0 Å². The predicted octanol–water partition coefficient (Wildman–Crippen LogP) is 6.95. The Kier molecular flexibility index (Phi) is 8.15. The number of nitrogens with one attached hydrogen (secondary N) is 1. The number of para-hydroxylation sites is 2. The fourth-order valence-electron chi connectivity index (χ4n) is 5.03. The quantitative estimate of drug-likeness (QED) is 0.341. The summed E-state index contributed by atoms with van der Waals surface area (Å²) in [5, 5.41) is 3.26. The zero-order valence-corrected chi connectivity index (χ0v) is 21.8. The summed E-state index contributed by atoms with van der Waals surface area (Å²) < 4.78 is 8.27. The summed E-state index contributed by atoms with van der Waals surface area (Å²) in [4.78, 5) is 17.8. The molecule has 1 aliphatic carbocycles. The molecule has 1 fully saturated rings. The van der Waals surface area contributed by atoms with Crippen molar-refractivity contribution >= 4 is 16.9 Å². The van der Waals surface area contributed by atoms with Crippen LogP contribution in [-0.4, -0.2) is 22.1 Å². The molecule has 0 bridgehead atoms. The highest BCUT2D eigenvalue weighted by Crippen LogP contribution is 2.27. The van der Waals surface area contributed by atoms with Crippen LogP contribution in [0.15, 0.2) is 48.5 Å². The van der Waals surface area contributed by atoms with Gasteiger partial charge < -0.3 is 14.6 Å². The van der Waals surface area contributed by atoms with Crippen molar-refractivity contribution in [2.24, 2.45) is 5.92 Å². The molecule has 0 spiro atoms. The topological polar surface area (TPSA) is 56.2 Å². The number of aryl methyl sites for hydroxylation is 1. The van der Waals surface area contributed by atoms with Crippen LogP contribution in [0.25, 0.3) is 11.0 Å². The molecule has 1 N–H and O–H groups in total. The Morgan fingerprint density at radius 1 is 1.06 bits per heavy atom. The van der Waals surface area contributed by atoms with Crippen LogP contribution < -0.4 is 10.1 Å². The van der Waals surface area contributed by atoms with E-state index in [1.807, 2.05) is 6.07 Å². The maximum absolute atomic E-state index is 12.9. The number of unbranched alkanes of at least 4 members (excludes halogenated alkanes) is 1. The molecule has 35 heavy (non-hydrogen) atoms. The normalized spacial score (nSPS) is 15.8. The van der Waals surface area contributed by atoms with Crippen molar-refractivity contribution in [2.75, 3.05) is 6.61 Å². The van der Waals surface area contributed by atoms with Gasteiger partial charge in [-0.1, -0.05) is 64.3 Å². The van der Waals surface area contributed by atoms with E-state index in [0.29, 0.717) is 6.61 Å². The van der Waals surface area contributed by atoms with Crippen molar-refractivity contribution in [1.29, 1.82) is 0 Å². The Bertz CT molecular complexity index is 1100. The molecule has 1 unspecified atom stereocenters. The first kappa shape index (κ1) is 25.3. The minimum absolute atomic E-state index is 0.116. The number of carbonyl (C=O) groups excluding carboxylic acids is 1. The van der Waals surface area contributed by atoms with Crippen LogP contribution in [0.2, 0.25) is 0 Å². The second-order valence-corrected chi connectivity index (χ2v) is 11.0. The Morgan fingerprint density at radius 3 is 2.49 bits per heavy atom. The lowest BCUT2D eigenvalue weighted by molar-refractivity contribution is -0.126. The number of hydrogen-bond acceptors (Lipinski definition) is 3. The van der Waals surface area contributed by atoms with Crippen LogP contribution in [0.1, 0.15) is 90.1 Å². The summed E-state index contributed by atoms with van der Waals surface area (Å²) in [6, 6.07) is 16.6. The van der Waals surface area contributed by atoms with Crippen molar-refractivity contribution in [2.45, 2.75) is 90.6 Å². The van der Waals surface area contributed by atoms with Gasteiger partial charge in [0.05, 0.1) is 23.7 Å². The zero-order chi connectivity index (χ0) is 24.8. The summed E-state index contributed by atoms with van der Waals surface area (Å²) in [6.07, 6.45) is 7.52. The Balaban J connectivity index is 1.35. The van der Waals surface area contributed by atoms with Crippen molar-refractivity contribution in [3.8, 4) is 5.75 Å². The van der Waals surface area contributed by atoms with Gasteiger partial charge in [-0.15, -0.1) is 0 Å². The predicted molar refractivity (Wildman–Crippen MR) is 143 cm³/mol.